The summed E-state index contributed by atoms with van der Waals surface area (Å²) in [5.41, 5.74) is 8.35. The van der Waals surface area contributed by atoms with Gasteiger partial charge in [0.2, 0.25) is 0 Å². The molecule has 2 N–H and O–H groups in total. The van der Waals surface area contributed by atoms with Crippen molar-refractivity contribution in [3.8, 4) is 0 Å². The van der Waals surface area contributed by atoms with E-state index in [2.05, 4.69) is 11.8 Å². The minimum Gasteiger partial charge on any atom is -0.367 e. The van der Waals surface area contributed by atoms with Crippen LogP contribution in [0, 0.1) is 0 Å². The van der Waals surface area contributed by atoms with Crippen molar-refractivity contribution in [2.45, 2.75) is 32.4 Å². The minimum atomic E-state index is -2.88. The van der Waals surface area contributed by atoms with Gasteiger partial charge in [0.05, 0.1) is 11.5 Å². The van der Waals surface area contributed by atoms with Gasteiger partial charge in [-0.3, -0.25) is 0 Å². The van der Waals surface area contributed by atoms with Gasteiger partial charge in [-0.2, -0.15) is 0 Å². The first-order valence-electron chi connectivity index (χ1n) is 6.76. The molecule has 106 valence electrons. The standard InChI is InChI=1S/C14H22N2O2S/c1-3-13(15)12-6-4-5-7-14(12)16-8-9-19(17,18)10-11(16)2/h4-7,11,13H,3,8-10,15H2,1-2H3/t11?,13-/m1/s1. The van der Waals surface area contributed by atoms with E-state index >= 15 is 0 Å². The van der Waals surface area contributed by atoms with Gasteiger partial charge < -0.3 is 10.6 Å². The number of hydrogen-bond donors (Lipinski definition) is 1. The molecule has 0 aromatic heterocycles. The molecule has 1 aromatic rings. The summed E-state index contributed by atoms with van der Waals surface area (Å²) in [4.78, 5) is 2.17. The van der Waals surface area contributed by atoms with Gasteiger partial charge in [-0.15, -0.1) is 0 Å². The Bertz CT molecular complexity index is 542. The first-order chi connectivity index (χ1) is 8.94. The first-order valence-corrected chi connectivity index (χ1v) is 8.58. The van der Waals surface area contributed by atoms with Crippen LogP contribution in [-0.4, -0.2) is 32.5 Å². The van der Waals surface area contributed by atoms with Crippen LogP contribution in [0.15, 0.2) is 24.3 Å². The molecule has 0 saturated carbocycles. The normalized spacial score (nSPS) is 24.2. The largest absolute Gasteiger partial charge is 0.367 e. The maximum atomic E-state index is 11.7. The monoisotopic (exact) mass is 282 g/mol. The van der Waals surface area contributed by atoms with Crippen LogP contribution in [0.4, 0.5) is 5.69 Å². The number of benzene rings is 1. The van der Waals surface area contributed by atoms with E-state index in [4.69, 9.17) is 5.73 Å². The smallest absolute Gasteiger partial charge is 0.154 e. The van der Waals surface area contributed by atoms with Crippen molar-refractivity contribution in [2.24, 2.45) is 5.73 Å². The summed E-state index contributed by atoms with van der Waals surface area (Å²) in [5.74, 6) is 0.454. The zero-order chi connectivity index (χ0) is 14.0. The van der Waals surface area contributed by atoms with Gasteiger partial charge in [0.25, 0.3) is 0 Å². The van der Waals surface area contributed by atoms with Gasteiger partial charge in [0.15, 0.2) is 9.84 Å². The Kier molecular flexibility index (Phi) is 4.16. The maximum Gasteiger partial charge on any atom is 0.154 e. The summed E-state index contributed by atoms with van der Waals surface area (Å²) in [7, 11) is -2.88. The molecule has 19 heavy (non-hydrogen) atoms. The van der Waals surface area contributed by atoms with E-state index in [-0.39, 0.29) is 23.6 Å². The Balaban J connectivity index is 2.32. The molecule has 4 nitrogen and oxygen atoms in total. The molecular formula is C14H22N2O2S. The number of para-hydroxylation sites is 1. The van der Waals surface area contributed by atoms with Crippen molar-refractivity contribution in [3.63, 3.8) is 0 Å². The number of hydrogen-bond acceptors (Lipinski definition) is 4. The number of nitrogens with two attached hydrogens (primary N) is 1. The van der Waals surface area contributed by atoms with E-state index in [0.29, 0.717) is 6.54 Å². The van der Waals surface area contributed by atoms with Crippen molar-refractivity contribution in [3.05, 3.63) is 29.8 Å². The van der Waals surface area contributed by atoms with Crippen LogP contribution < -0.4 is 10.6 Å². The SMILES string of the molecule is CC[C@@H](N)c1ccccc1N1CCS(=O)(=O)CC1C. The Hall–Kier alpha value is -1.07. The molecular weight excluding hydrogens is 260 g/mol. The lowest BCUT2D eigenvalue weighted by Crippen LogP contribution is -2.47. The average Bonchev–Trinajstić information content (AvgIpc) is 2.37. The third-order valence-corrected chi connectivity index (χ3v) is 5.55. The molecule has 1 aliphatic heterocycles. The van der Waals surface area contributed by atoms with Crippen LogP contribution in [0.1, 0.15) is 31.9 Å². The summed E-state index contributed by atoms with van der Waals surface area (Å²) in [5, 5.41) is 0. The summed E-state index contributed by atoms with van der Waals surface area (Å²) in [6.45, 7) is 4.58. The van der Waals surface area contributed by atoms with Gasteiger partial charge in [-0.05, 0) is 25.0 Å². The topological polar surface area (TPSA) is 63.4 Å². The van der Waals surface area contributed by atoms with Crippen LogP contribution >= 0.6 is 0 Å². The fourth-order valence-electron chi connectivity index (χ4n) is 2.64. The molecule has 1 aromatic carbocycles. The fourth-order valence-corrected chi connectivity index (χ4v) is 4.20. The number of rotatable bonds is 3. The van der Waals surface area contributed by atoms with E-state index < -0.39 is 9.84 Å². The van der Waals surface area contributed by atoms with Gasteiger partial charge >= 0.3 is 0 Å². The van der Waals surface area contributed by atoms with Gasteiger partial charge in [-0.1, -0.05) is 25.1 Å². The Morgan fingerprint density at radius 2 is 2.11 bits per heavy atom. The predicted octanol–water partition coefficient (Wildman–Crippen LogP) is 1.72. The highest BCUT2D eigenvalue weighted by molar-refractivity contribution is 7.91. The molecule has 1 heterocycles. The zero-order valence-corrected chi connectivity index (χ0v) is 12.4. The third-order valence-electron chi connectivity index (χ3n) is 3.76. The summed E-state index contributed by atoms with van der Waals surface area (Å²) in [6, 6.07) is 8.06. The molecule has 0 spiro atoms. The Labute approximate surface area is 115 Å². The molecule has 0 bridgehead atoms. The Morgan fingerprint density at radius 1 is 1.42 bits per heavy atom. The van der Waals surface area contributed by atoms with Crippen LogP contribution in [0.2, 0.25) is 0 Å². The first kappa shape index (κ1) is 14.3. The quantitative estimate of drug-likeness (QED) is 0.917. The molecule has 1 fully saturated rings. The maximum absolute atomic E-state index is 11.7. The number of anilines is 1. The number of nitrogens with zero attached hydrogens (tertiary/aromatic N) is 1. The third kappa shape index (κ3) is 3.09. The van der Waals surface area contributed by atoms with Gasteiger partial charge in [-0.25, -0.2) is 8.42 Å². The second-order valence-corrected chi connectivity index (χ2v) is 7.46. The lowest BCUT2D eigenvalue weighted by molar-refractivity contribution is 0.566. The average molecular weight is 282 g/mol. The highest BCUT2D eigenvalue weighted by Crippen LogP contribution is 2.29. The zero-order valence-electron chi connectivity index (χ0n) is 11.5. The van der Waals surface area contributed by atoms with Crippen molar-refractivity contribution >= 4 is 15.5 Å². The molecule has 0 amide bonds. The molecule has 2 rings (SSSR count). The molecule has 1 aliphatic rings. The minimum absolute atomic E-state index is 0.00179. The van der Waals surface area contributed by atoms with Crippen molar-refractivity contribution < 1.29 is 8.42 Å². The highest BCUT2D eigenvalue weighted by Gasteiger charge is 2.29. The van der Waals surface area contributed by atoms with E-state index in [9.17, 15) is 8.42 Å². The molecule has 1 unspecified atom stereocenters. The molecule has 0 aliphatic carbocycles. The van der Waals surface area contributed by atoms with Crippen molar-refractivity contribution in [1.82, 2.24) is 0 Å². The molecule has 5 heteroatoms. The summed E-state index contributed by atoms with van der Waals surface area (Å²) >= 11 is 0. The fraction of sp³-hybridized carbons (Fsp3) is 0.571. The van der Waals surface area contributed by atoms with Crippen molar-refractivity contribution in [1.29, 1.82) is 0 Å². The summed E-state index contributed by atoms with van der Waals surface area (Å²) in [6.07, 6.45) is 0.873. The lowest BCUT2D eigenvalue weighted by Gasteiger charge is -2.37. The summed E-state index contributed by atoms with van der Waals surface area (Å²) < 4.78 is 23.3. The van der Waals surface area contributed by atoms with E-state index in [1.165, 1.54) is 0 Å². The lowest BCUT2D eigenvalue weighted by atomic mass is 10.0. The number of sulfone groups is 1. The predicted molar refractivity (Wildman–Crippen MR) is 79.1 cm³/mol. The van der Waals surface area contributed by atoms with Crippen molar-refractivity contribution in [2.75, 3.05) is 23.0 Å². The second-order valence-electron chi connectivity index (χ2n) is 5.23. The van der Waals surface area contributed by atoms with Crippen LogP contribution in [0.3, 0.4) is 0 Å². The van der Waals surface area contributed by atoms with E-state index in [1.54, 1.807) is 0 Å². The van der Waals surface area contributed by atoms with Crippen LogP contribution in [0.5, 0.6) is 0 Å². The molecule has 0 radical (unpaired) electrons. The van der Waals surface area contributed by atoms with Gasteiger partial charge in [0.1, 0.15) is 0 Å². The van der Waals surface area contributed by atoms with Gasteiger partial charge in [0, 0.05) is 24.3 Å². The van der Waals surface area contributed by atoms with E-state index in [1.807, 2.05) is 31.2 Å². The van der Waals surface area contributed by atoms with E-state index in [0.717, 1.165) is 17.7 Å². The molecule has 2 atom stereocenters. The molecule has 1 saturated heterocycles. The Morgan fingerprint density at radius 3 is 2.74 bits per heavy atom. The highest BCUT2D eigenvalue weighted by atomic mass is 32.2. The second kappa shape index (κ2) is 5.51. The van der Waals surface area contributed by atoms with Crippen LogP contribution in [0.25, 0.3) is 0 Å². The van der Waals surface area contributed by atoms with Crippen LogP contribution in [-0.2, 0) is 9.84 Å².